The van der Waals surface area contributed by atoms with Gasteiger partial charge in [-0.05, 0) is 49.9 Å². The molecule has 28 heavy (non-hydrogen) atoms. The topological polar surface area (TPSA) is 76.3 Å². The van der Waals surface area contributed by atoms with Gasteiger partial charge in [0.15, 0.2) is 0 Å². The van der Waals surface area contributed by atoms with Gasteiger partial charge in [-0.15, -0.1) is 0 Å². The second-order valence-corrected chi connectivity index (χ2v) is 9.25. The molecule has 0 aliphatic carbocycles. The smallest absolute Gasteiger partial charge is 0.245 e. The molecule has 1 aromatic heterocycles. The van der Waals surface area contributed by atoms with Crippen LogP contribution >= 0.6 is 11.6 Å². The average Bonchev–Trinajstić information content (AvgIpc) is 3.33. The molecule has 1 atom stereocenters. The van der Waals surface area contributed by atoms with Crippen LogP contribution in [0.5, 0.6) is 0 Å². The van der Waals surface area contributed by atoms with Crippen LogP contribution in [0.4, 0.5) is 0 Å². The Morgan fingerprint density at radius 1 is 1.14 bits per heavy atom. The highest BCUT2D eigenvalue weighted by Crippen LogP contribution is 2.37. The predicted octanol–water partition coefficient (Wildman–Crippen LogP) is 4.53. The molecule has 0 amide bonds. The van der Waals surface area contributed by atoms with Crippen LogP contribution in [-0.2, 0) is 10.0 Å². The molecule has 0 radical (unpaired) electrons. The number of hydrogen-bond acceptors (Lipinski definition) is 5. The van der Waals surface area contributed by atoms with Gasteiger partial charge in [-0.2, -0.15) is 9.29 Å². The van der Waals surface area contributed by atoms with Gasteiger partial charge >= 0.3 is 0 Å². The lowest BCUT2D eigenvalue weighted by atomic mass is 10.1. The largest absolute Gasteiger partial charge is 0.337 e. The third kappa shape index (κ3) is 3.34. The summed E-state index contributed by atoms with van der Waals surface area (Å²) in [5, 5.41) is 4.51. The van der Waals surface area contributed by atoms with E-state index >= 15 is 0 Å². The molecule has 8 heteroatoms. The summed E-state index contributed by atoms with van der Waals surface area (Å²) in [7, 11) is -3.72. The molecule has 1 aliphatic heterocycles. The standard InChI is InChI=1S/C20H20ClN3O3S/c1-13-6-3-4-7-16(13)19-22-20(27-23-19)18-8-5-11-24(18)28(25,26)15-10-9-14(2)17(21)12-15/h3-4,6-7,9-10,12,18H,5,8,11H2,1-2H3/t18-/m0/s1. The molecule has 1 aliphatic rings. The monoisotopic (exact) mass is 417 g/mol. The van der Waals surface area contributed by atoms with Crippen molar-refractivity contribution in [1.82, 2.24) is 14.4 Å². The molecule has 1 saturated heterocycles. The van der Waals surface area contributed by atoms with E-state index in [4.69, 9.17) is 16.1 Å². The quantitative estimate of drug-likeness (QED) is 0.623. The summed E-state index contributed by atoms with van der Waals surface area (Å²) in [6, 6.07) is 12.1. The lowest BCUT2D eigenvalue weighted by molar-refractivity contribution is 0.290. The molecule has 2 aromatic carbocycles. The van der Waals surface area contributed by atoms with Crippen molar-refractivity contribution in [3.05, 3.63) is 64.5 Å². The van der Waals surface area contributed by atoms with E-state index in [0.29, 0.717) is 29.7 Å². The fourth-order valence-corrected chi connectivity index (χ4v) is 5.37. The Kier molecular flexibility index (Phi) is 4.99. The highest BCUT2D eigenvalue weighted by Gasteiger charge is 2.39. The first kappa shape index (κ1) is 19.1. The number of aromatic nitrogens is 2. The molecule has 0 bridgehead atoms. The third-order valence-corrected chi connectivity index (χ3v) is 7.38. The summed E-state index contributed by atoms with van der Waals surface area (Å²) in [5.74, 6) is 0.785. The van der Waals surface area contributed by atoms with E-state index in [-0.39, 0.29) is 4.90 Å². The average molecular weight is 418 g/mol. The zero-order chi connectivity index (χ0) is 19.9. The van der Waals surface area contributed by atoms with Crippen LogP contribution in [0.1, 0.15) is 35.9 Å². The molecule has 0 unspecified atom stereocenters. The Morgan fingerprint density at radius 2 is 1.93 bits per heavy atom. The number of nitrogens with zero attached hydrogens (tertiary/aromatic N) is 3. The first-order chi connectivity index (χ1) is 13.4. The summed E-state index contributed by atoms with van der Waals surface area (Å²) >= 11 is 6.14. The van der Waals surface area contributed by atoms with E-state index < -0.39 is 16.1 Å². The fraction of sp³-hybridized carbons (Fsp3) is 0.300. The third-order valence-electron chi connectivity index (χ3n) is 5.07. The minimum Gasteiger partial charge on any atom is -0.337 e. The summed E-state index contributed by atoms with van der Waals surface area (Å²) in [5.41, 5.74) is 2.73. The van der Waals surface area contributed by atoms with Crippen LogP contribution in [0.25, 0.3) is 11.4 Å². The van der Waals surface area contributed by atoms with E-state index in [0.717, 1.165) is 23.1 Å². The number of rotatable bonds is 4. The van der Waals surface area contributed by atoms with Crippen molar-refractivity contribution in [2.24, 2.45) is 0 Å². The zero-order valence-corrected chi connectivity index (χ0v) is 17.2. The van der Waals surface area contributed by atoms with Gasteiger partial charge in [-0.3, -0.25) is 0 Å². The number of hydrogen-bond donors (Lipinski definition) is 0. The van der Waals surface area contributed by atoms with E-state index in [1.165, 1.54) is 10.4 Å². The second-order valence-electron chi connectivity index (χ2n) is 6.96. The highest BCUT2D eigenvalue weighted by atomic mass is 35.5. The van der Waals surface area contributed by atoms with Gasteiger partial charge in [0, 0.05) is 17.1 Å². The molecular formula is C20H20ClN3O3S. The fourth-order valence-electron chi connectivity index (χ4n) is 3.45. The minimum absolute atomic E-state index is 0.175. The van der Waals surface area contributed by atoms with Crippen LogP contribution < -0.4 is 0 Å². The lowest BCUT2D eigenvalue weighted by Gasteiger charge is -2.21. The van der Waals surface area contributed by atoms with Gasteiger partial charge in [0.1, 0.15) is 6.04 Å². The van der Waals surface area contributed by atoms with Crippen molar-refractivity contribution < 1.29 is 12.9 Å². The Bertz CT molecular complexity index is 1130. The molecule has 146 valence electrons. The second kappa shape index (κ2) is 7.31. The summed E-state index contributed by atoms with van der Waals surface area (Å²) in [6.07, 6.45) is 1.36. The molecule has 4 rings (SSSR count). The van der Waals surface area contributed by atoms with E-state index in [1.54, 1.807) is 12.1 Å². The maximum absolute atomic E-state index is 13.2. The van der Waals surface area contributed by atoms with Gasteiger partial charge in [-0.25, -0.2) is 8.42 Å². The van der Waals surface area contributed by atoms with Crippen LogP contribution in [0, 0.1) is 13.8 Å². The molecule has 2 heterocycles. The van der Waals surface area contributed by atoms with Crippen LogP contribution in [0.3, 0.4) is 0 Å². The highest BCUT2D eigenvalue weighted by molar-refractivity contribution is 7.89. The Hall–Kier alpha value is -2.22. The van der Waals surface area contributed by atoms with Crippen LogP contribution in [-0.4, -0.2) is 29.4 Å². The molecule has 6 nitrogen and oxygen atoms in total. The van der Waals surface area contributed by atoms with Gasteiger partial charge in [-0.1, -0.05) is 47.1 Å². The van der Waals surface area contributed by atoms with Crippen molar-refractivity contribution in [3.8, 4) is 11.4 Å². The molecular weight excluding hydrogens is 398 g/mol. The Balaban J connectivity index is 1.67. The molecule has 0 N–H and O–H groups in total. The lowest BCUT2D eigenvalue weighted by Crippen LogP contribution is -2.30. The molecule has 1 fully saturated rings. The van der Waals surface area contributed by atoms with Crippen LogP contribution in [0.2, 0.25) is 5.02 Å². The van der Waals surface area contributed by atoms with Gasteiger partial charge in [0.2, 0.25) is 21.7 Å². The molecule has 3 aromatic rings. The van der Waals surface area contributed by atoms with Crippen molar-refractivity contribution in [2.45, 2.75) is 37.6 Å². The summed E-state index contributed by atoms with van der Waals surface area (Å²) in [4.78, 5) is 4.68. The van der Waals surface area contributed by atoms with E-state index in [2.05, 4.69) is 10.1 Å². The molecule has 0 saturated carbocycles. The Morgan fingerprint density at radius 3 is 2.68 bits per heavy atom. The normalized spacial score (nSPS) is 17.9. The SMILES string of the molecule is Cc1ccc(S(=O)(=O)N2CCC[C@H]2c2nc(-c3ccccc3C)no2)cc1Cl. The molecule has 0 spiro atoms. The minimum atomic E-state index is -3.72. The van der Waals surface area contributed by atoms with Gasteiger partial charge in [0.25, 0.3) is 0 Å². The van der Waals surface area contributed by atoms with Crippen molar-refractivity contribution in [1.29, 1.82) is 0 Å². The van der Waals surface area contributed by atoms with E-state index in [1.807, 2.05) is 38.1 Å². The number of aryl methyl sites for hydroxylation is 2. The first-order valence-electron chi connectivity index (χ1n) is 9.05. The van der Waals surface area contributed by atoms with Crippen molar-refractivity contribution in [3.63, 3.8) is 0 Å². The van der Waals surface area contributed by atoms with E-state index in [9.17, 15) is 8.42 Å². The van der Waals surface area contributed by atoms with Gasteiger partial charge < -0.3 is 4.52 Å². The number of sulfonamides is 1. The van der Waals surface area contributed by atoms with Crippen molar-refractivity contribution in [2.75, 3.05) is 6.54 Å². The zero-order valence-electron chi connectivity index (χ0n) is 15.6. The van der Waals surface area contributed by atoms with Crippen molar-refractivity contribution >= 4 is 21.6 Å². The summed E-state index contributed by atoms with van der Waals surface area (Å²) < 4.78 is 33.3. The maximum Gasteiger partial charge on any atom is 0.245 e. The van der Waals surface area contributed by atoms with Gasteiger partial charge in [0.05, 0.1) is 4.90 Å². The number of halogens is 1. The Labute approximate surface area is 169 Å². The number of benzene rings is 2. The maximum atomic E-state index is 13.2. The first-order valence-corrected chi connectivity index (χ1v) is 10.9. The van der Waals surface area contributed by atoms with Crippen LogP contribution in [0.15, 0.2) is 51.9 Å². The predicted molar refractivity (Wildman–Crippen MR) is 107 cm³/mol. The summed E-state index contributed by atoms with van der Waals surface area (Å²) in [6.45, 7) is 4.21.